The summed E-state index contributed by atoms with van der Waals surface area (Å²) in [5, 5.41) is 9.35. The highest BCUT2D eigenvalue weighted by molar-refractivity contribution is 7.89. The molecule has 3 atom stereocenters. The number of likely N-dealkylation sites (tertiary alicyclic amines) is 1. The fraction of sp³-hybridized carbons (Fsp3) is 0.400. The molecule has 4 rings (SSSR count). The summed E-state index contributed by atoms with van der Waals surface area (Å²) in [7, 11) is -4.24. The Morgan fingerprint density at radius 2 is 1.94 bits per heavy atom. The smallest absolute Gasteiger partial charge is 0.406 e. The number of hydrogen-bond acceptors (Lipinski definition) is 5. The van der Waals surface area contributed by atoms with Gasteiger partial charge in [0.2, 0.25) is 10.0 Å². The molecule has 0 aromatic heterocycles. The fourth-order valence-electron chi connectivity index (χ4n) is 4.47. The van der Waals surface area contributed by atoms with Gasteiger partial charge >= 0.3 is 6.36 Å². The number of alkyl halides is 3. The van der Waals surface area contributed by atoms with Gasteiger partial charge in [0.1, 0.15) is 5.75 Å². The van der Waals surface area contributed by atoms with Crippen LogP contribution in [0, 0.1) is 0 Å². The second-order valence-corrected chi connectivity index (χ2v) is 10.3. The highest BCUT2D eigenvalue weighted by Crippen LogP contribution is 2.38. The van der Waals surface area contributed by atoms with E-state index in [4.69, 9.17) is 28.3 Å². The summed E-state index contributed by atoms with van der Waals surface area (Å²) in [5.74, 6) is -1.18. The molecule has 0 spiro atoms. The fourth-order valence-corrected chi connectivity index (χ4v) is 5.57. The SMILES string of the molecule is NS(=O)(=O)c1ccc(OC(F)(F)F)cc1[C@@H](CN1C[C@@H]2C[C@H]1CN2)c1ccc(Cl)c(Cl)c1. The van der Waals surface area contributed by atoms with Gasteiger partial charge in [0.25, 0.3) is 0 Å². The molecule has 32 heavy (non-hydrogen) atoms. The van der Waals surface area contributed by atoms with Crippen LogP contribution in [0.4, 0.5) is 13.2 Å². The van der Waals surface area contributed by atoms with Crippen molar-refractivity contribution in [3.63, 3.8) is 0 Å². The van der Waals surface area contributed by atoms with Crippen molar-refractivity contribution in [2.75, 3.05) is 19.6 Å². The Bertz CT molecular complexity index is 1130. The Morgan fingerprint density at radius 3 is 2.50 bits per heavy atom. The van der Waals surface area contributed by atoms with E-state index < -0.39 is 28.1 Å². The summed E-state index contributed by atoms with van der Waals surface area (Å²) < 4.78 is 67.2. The van der Waals surface area contributed by atoms with Gasteiger partial charge in [-0.2, -0.15) is 0 Å². The van der Waals surface area contributed by atoms with Gasteiger partial charge in [-0.3, -0.25) is 4.90 Å². The number of sulfonamides is 1. The molecular formula is C20H20Cl2F3N3O3S. The number of halogens is 5. The van der Waals surface area contributed by atoms with Gasteiger partial charge in [0.05, 0.1) is 14.9 Å². The van der Waals surface area contributed by atoms with E-state index in [0.29, 0.717) is 23.2 Å². The lowest BCUT2D eigenvalue weighted by molar-refractivity contribution is -0.274. The van der Waals surface area contributed by atoms with E-state index in [2.05, 4.69) is 15.0 Å². The largest absolute Gasteiger partial charge is 0.573 e. The number of hydrogen-bond donors (Lipinski definition) is 2. The van der Waals surface area contributed by atoms with Crippen LogP contribution in [0.15, 0.2) is 41.3 Å². The number of rotatable bonds is 6. The molecule has 3 N–H and O–H groups in total. The summed E-state index contributed by atoms with van der Waals surface area (Å²) >= 11 is 12.2. The molecule has 2 bridgehead atoms. The molecule has 2 heterocycles. The van der Waals surface area contributed by atoms with E-state index in [0.717, 1.165) is 37.7 Å². The summed E-state index contributed by atoms with van der Waals surface area (Å²) in [6, 6.07) is 8.45. The van der Waals surface area contributed by atoms with Crippen molar-refractivity contribution in [2.45, 2.75) is 35.7 Å². The number of fused-ring (bicyclic) bond motifs is 2. The van der Waals surface area contributed by atoms with Crippen LogP contribution in [0.5, 0.6) is 5.75 Å². The maximum atomic E-state index is 12.8. The zero-order chi connectivity index (χ0) is 23.3. The van der Waals surface area contributed by atoms with E-state index in [1.165, 1.54) is 0 Å². The van der Waals surface area contributed by atoms with Crippen LogP contribution in [0.3, 0.4) is 0 Å². The lowest BCUT2D eigenvalue weighted by Crippen LogP contribution is -2.45. The first kappa shape index (κ1) is 23.6. The van der Waals surface area contributed by atoms with Crippen LogP contribution in [0.25, 0.3) is 0 Å². The third-order valence-electron chi connectivity index (χ3n) is 5.83. The van der Waals surface area contributed by atoms with Crippen LogP contribution in [-0.2, 0) is 10.0 Å². The minimum atomic E-state index is -4.93. The number of benzene rings is 2. The maximum Gasteiger partial charge on any atom is 0.573 e. The van der Waals surface area contributed by atoms with E-state index in [1.54, 1.807) is 18.2 Å². The van der Waals surface area contributed by atoms with Crippen molar-refractivity contribution in [1.82, 2.24) is 10.2 Å². The van der Waals surface area contributed by atoms with Gasteiger partial charge in [-0.15, -0.1) is 13.2 Å². The molecule has 0 unspecified atom stereocenters. The molecule has 174 valence electrons. The van der Waals surface area contributed by atoms with Crippen molar-refractivity contribution in [2.24, 2.45) is 5.14 Å². The number of primary sulfonamides is 1. The van der Waals surface area contributed by atoms with Crippen molar-refractivity contribution in [1.29, 1.82) is 0 Å². The molecule has 2 aliphatic rings. The lowest BCUT2D eigenvalue weighted by atomic mass is 9.90. The molecule has 2 saturated heterocycles. The van der Waals surface area contributed by atoms with Gasteiger partial charge in [-0.05, 0) is 47.9 Å². The van der Waals surface area contributed by atoms with E-state index in [1.807, 2.05) is 0 Å². The molecule has 2 aromatic carbocycles. The first-order valence-electron chi connectivity index (χ1n) is 9.75. The van der Waals surface area contributed by atoms with E-state index in [-0.39, 0.29) is 21.5 Å². The minimum absolute atomic E-state index is 0.100. The standard InChI is InChI=1S/C20H20Cl2F3N3O3S/c21-17-3-1-11(5-18(17)22)16(10-28-9-12-6-13(28)8-27-12)15-7-14(31-20(23,24)25)2-4-19(15)32(26,29)30/h1-5,7,12-13,16,27H,6,8-10H2,(H2,26,29,30)/t12-,13-,16-/m0/s1. The Kier molecular flexibility index (Phi) is 6.38. The highest BCUT2D eigenvalue weighted by Gasteiger charge is 2.39. The third kappa shape index (κ3) is 5.16. The summed E-state index contributed by atoms with van der Waals surface area (Å²) in [5.41, 5.74) is 0.701. The molecular weight excluding hydrogens is 490 g/mol. The molecule has 0 saturated carbocycles. The van der Waals surface area contributed by atoms with Crippen molar-refractivity contribution < 1.29 is 26.3 Å². The average molecular weight is 510 g/mol. The van der Waals surface area contributed by atoms with Crippen LogP contribution >= 0.6 is 23.2 Å². The van der Waals surface area contributed by atoms with Crippen LogP contribution in [0.2, 0.25) is 10.0 Å². The molecule has 0 aliphatic carbocycles. The number of nitrogens with one attached hydrogen (secondary N) is 1. The number of piperazine rings is 1. The van der Waals surface area contributed by atoms with Gasteiger partial charge in [0, 0.05) is 37.6 Å². The Labute approximate surface area is 193 Å². The van der Waals surface area contributed by atoms with Crippen LogP contribution < -0.4 is 15.2 Å². The number of ether oxygens (including phenoxy) is 1. The van der Waals surface area contributed by atoms with Gasteiger partial charge in [-0.25, -0.2) is 13.6 Å². The van der Waals surface area contributed by atoms with Crippen LogP contribution in [-0.4, -0.2) is 51.4 Å². The van der Waals surface area contributed by atoms with Gasteiger partial charge in [-0.1, -0.05) is 29.3 Å². The normalized spacial score (nSPS) is 22.3. The summed E-state index contributed by atoms with van der Waals surface area (Å²) in [4.78, 5) is 1.92. The van der Waals surface area contributed by atoms with Crippen LogP contribution in [0.1, 0.15) is 23.5 Å². The Hall–Kier alpha value is -1.56. The van der Waals surface area contributed by atoms with Crippen molar-refractivity contribution in [3.8, 4) is 5.75 Å². The lowest BCUT2D eigenvalue weighted by Gasteiger charge is -2.32. The number of nitrogens with two attached hydrogens (primary N) is 1. The van der Waals surface area contributed by atoms with Crippen molar-refractivity contribution in [3.05, 3.63) is 57.6 Å². The molecule has 0 amide bonds. The maximum absolute atomic E-state index is 12.8. The zero-order valence-electron chi connectivity index (χ0n) is 16.6. The summed E-state index contributed by atoms with van der Waals surface area (Å²) in [6.07, 6.45) is -3.98. The quantitative estimate of drug-likeness (QED) is 0.619. The molecule has 6 nitrogen and oxygen atoms in total. The predicted molar refractivity (Wildman–Crippen MR) is 115 cm³/mol. The van der Waals surface area contributed by atoms with E-state index >= 15 is 0 Å². The monoisotopic (exact) mass is 509 g/mol. The Balaban J connectivity index is 1.83. The third-order valence-corrected chi connectivity index (χ3v) is 7.55. The molecule has 2 aliphatic heterocycles. The first-order chi connectivity index (χ1) is 14.9. The van der Waals surface area contributed by atoms with Crippen molar-refractivity contribution >= 4 is 33.2 Å². The molecule has 0 radical (unpaired) electrons. The first-order valence-corrected chi connectivity index (χ1v) is 12.1. The molecule has 2 fully saturated rings. The van der Waals surface area contributed by atoms with E-state index in [9.17, 15) is 21.6 Å². The summed E-state index contributed by atoms with van der Waals surface area (Å²) in [6.45, 7) is 1.89. The Morgan fingerprint density at radius 1 is 1.19 bits per heavy atom. The van der Waals surface area contributed by atoms with Gasteiger partial charge < -0.3 is 10.1 Å². The predicted octanol–water partition coefficient (Wildman–Crippen LogP) is 3.72. The van der Waals surface area contributed by atoms with Gasteiger partial charge in [0.15, 0.2) is 0 Å². The molecule has 2 aromatic rings. The second kappa shape index (κ2) is 8.66. The second-order valence-electron chi connectivity index (χ2n) is 7.97. The zero-order valence-corrected chi connectivity index (χ0v) is 18.9. The minimum Gasteiger partial charge on any atom is -0.406 e. The number of nitrogens with zero attached hydrogens (tertiary/aromatic N) is 1. The topological polar surface area (TPSA) is 84.7 Å². The average Bonchev–Trinajstić information content (AvgIpc) is 3.29. The highest BCUT2D eigenvalue weighted by atomic mass is 35.5. The molecule has 12 heteroatoms.